The first-order chi connectivity index (χ1) is 11.5. The molecule has 7 heteroatoms. The maximum Gasteiger partial charge on any atom is 0.229 e. The van der Waals surface area contributed by atoms with Crippen molar-refractivity contribution in [2.45, 2.75) is 39.2 Å². The SMILES string of the molecule is Cc1nn(C)c(C)c1C1CCCN1C(=O)Cc1cn2ccsc2n1. The third kappa shape index (κ3) is 2.43. The number of imidazole rings is 1. The third-order valence-corrected chi connectivity index (χ3v) is 5.72. The zero-order chi connectivity index (χ0) is 16.8. The number of carbonyl (C=O) groups excluding carboxylic acids is 1. The molecule has 24 heavy (non-hydrogen) atoms. The number of aromatic nitrogens is 4. The van der Waals surface area contributed by atoms with Crippen molar-refractivity contribution in [2.24, 2.45) is 7.05 Å². The minimum atomic E-state index is 0.148. The molecule has 0 aliphatic carbocycles. The molecule has 0 bridgehead atoms. The maximum atomic E-state index is 12.9. The lowest BCUT2D eigenvalue weighted by Gasteiger charge is -2.25. The van der Waals surface area contributed by atoms with Gasteiger partial charge in [0, 0.05) is 42.6 Å². The summed E-state index contributed by atoms with van der Waals surface area (Å²) in [6.45, 7) is 4.94. The number of amides is 1. The monoisotopic (exact) mass is 343 g/mol. The van der Waals surface area contributed by atoms with Gasteiger partial charge in [0.15, 0.2) is 4.96 Å². The van der Waals surface area contributed by atoms with Crippen molar-refractivity contribution in [2.75, 3.05) is 6.54 Å². The standard InChI is InChI=1S/C17H21N5OS/c1-11-16(12(2)20(3)19-11)14-5-4-6-22(14)15(23)9-13-10-21-7-8-24-17(21)18-13/h7-8,10,14H,4-6,9H2,1-3H3. The molecular formula is C17H21N5OS. The first kappa shape index (κ1) is 15.4. The van der Waals surface area contributed by atoms with Crippen molar-refractivity contribution in [3.05, 3.63) is 40.4 Å². The molecule has 1 fully saturated rings. The molecule has 3 aromatic heterocycles. The minimum absolute atomic E-state index is 0.148. The van der Waals surface area contributed by atoms with Gasteiger partial charge in [0.1, 0.15) is 0 Å². The summed E-state index contributed by atoms with van der Waals surface area (Å²) in [4.78, 5) is 20.4. The van der Waals surface area contributed by atoms with Crippen molar-refractivity contribution < 1.29 is 4.79 Å². The van der Waals surface area contributed by atoms with Gasteiger partial charge in [-0.05, 0) is 26.7 Å². The van der Waals surface area contributed by atoms with E-state index >= 15 is 0 Å². The molecule has 1 amide bonds. The molecule has 1 unspecified atom stereocenters. The Morgan fingerprint density at radius 1 is 1.42 bits per heavy atom. The number of thiazole rings is 1. The molecule has 0 N–H and O–H groups in total. The van der Waals surface area contributed by atoms with E-state index in [4.69, 9.17) is 0 Å². The van der Waals surface area contributed by atoms with Crippen LogP contribution in [0.25, 0.3) is 4.96 Å². The van der Waals surface area contributed by atoms with E-state index in [1.165, 1.54) is 5.56 Å². The molecule has 6 nitrogen and oxygen atoms in total. The Bertz CT molecular complexity index is 877. The molecule has 1 aliphatic heterocycles. The summed E-state index contributed by atoms with van der Waals surface area (Å²) in [5.41, 5.74) is 4.24. The molecule has 4 heterocycles. The molecule has 0 radical (unpaired) electrons. The van der Waals surface area contributed by atoms with Crippen LogP contribution in [0.3, 0.4) is 0 Å². The number of carbonyl (C=O) groups is 1. The van der Waals surface area contributed by atoms with Gasteiger partial charge in [0.2, 0.25) is 5.91 Å². The highest BCUT2D eigenvalue weighted by molar-refractivity contribution is 7.15. The molecule has 0 spiro atoms. The highest BCUT2D eigenvalue weighted by atomic mass is 32.1. The highest BCUT2D eigenvalue weighted by Gasteiger charge is 2.33. The van der Waals surface area contributed by atoms with Crippen LogP contribution < -0.4 is 0 Å². The summed E-state index contributed by atoms with van der Waals surface area (Å²) < 4.78 is 3.89. The average molecular weight is 343 g/mol. The summed E-state index contributed by atoms with van der Waals surface area (Å²) >= 11 is 1.59. The van der Waals surface area contributed by atoms with Gasteiger partial charge in [-0.1, -0.05) is 0 Å². The van der Waals surface area contributed by atoms with E-state index in [0.29, 0.717) is 6.42 Å². The Labute approximate surface area is 144 Å². The molecule has 4 rings (SSSR count). The number of nitrogens with zero attached hydrogens (tertiary/aromatic N) is 5. The predicted molar refractivity (Wildman–Crippen MR) is 93.1 cm³/mol. The zero-order valence-corrected chi connectivity index (χ0v) is 15.0. The smallest absolute Gasteiger partial charge is 0.229 e. The van der Waals surface area contributed by atoms with Crippen molar-refractivity contribution in [3.63, 3.8) is 0 Å². The second kappa shape index (κ2) is 5.73. The Morgan fingerprint density at radius 2 is 2.25 bits per heavy atom. The van der Waals surface area contributed by atoms with E-state index in [2.05, 4.69) is 17.0 Å². The van der Waals surface area contributed by atoms with Gasteiger partial charge in [0.25, 0.3) is 0 Å². The molecule has 1 aliphatic rings. The fourth-order valence-electron chi connectivity index (χ4n) is 3.76. The van der Waals surface area contributed by atoms with Crippen molar-refractivity contribution in [1.82, 2.24) is 24.1 Å². The quantitative estimate of drug-likeness (QED) is 0.735. The molecule has 0 saturated carbocycles. The van der Waals surface area contributed by atoms with E-state index in [-0.39, 0.29) is 11.9 Å². The van der Waals surface area contributed by atoms with Crippen molar-refractivity contribution in [1.29, 1.82) is 0 Å². The second-order valence-electron chi connectivity index (χ2n) is 6.46. The normalized spacial score (nSPS) is 18.0. The highest BCUT2D eigenvalue weighted by Crippen LogP contribution is 2.35. The van der Waals surface area contributed by atoms with Gasteiger partial charge >= 0.3 is 0 Å². The van der Waals surface area contributed by atoms with Gasteiger partial charge in [-0.15, -0.1) is 11.3 Å². The lowest BCUT2D eigenvalue weighted by Crippen LogP contribution is -2.32. The summed E-state index contributed by atoms with van der Waals surface area (Å²) in [5.74, 6) is 0.158. The van der Waals surface area contributed by atoms with Crippen LogP contribution in [-0.2, 0) is 18.3 Å². The summed E-state index contributed by atoms with van der Waals surface area (Å²) in [6.07, 6.45) is 6.35. The summed E-state index contributed by atoms with van der Waals surface area (Å²) in [7, 11) is 1.96. The van der Waals surface area contributed by atoms with E-state index in [0.717, 1.165) is 41.4 Å². The van der Waals surface area contributed by atoms with Crippen LogP contribution in [0, 0.1) is 13.8 Å². The van der Waals surface area contributed by atoms with E-state index in [1.807, 2.05) is 45.7 Å². The number of rotatable bonds is 3. The number of hydrogen-bond acceptors (Lipinski definition) is 4. The second-order valence-corrected chi connectivity index (χ2v) is 7.33. The third-order valence-electron chi connectivity index (χ3n) is 4.95. The number of fused-ring (bicyclic) bond motifs is 1. The lowest BCUT2D eigenvalue weighted by molar-refractivity contribution is -0.131. The lowest BCUT2D eigenvalue weighted by atomic mass is 10.0. The number of likely N-dealkylation sites (tertiary alicyclic amines) is 1. The largest absolute Gasteiger partial charge is 0.335 e. The van der Waals surface area contributed by atoms with Crippen LogP contribution >= 0.6 is 11.3 Å². The van der Waals surface area contributed by atoms with Crippen molar-refractivity contribution >= 4 is 22.2 Å². The fraction of sp³-hybridized carbons (Fsp3) is 0.471. The van der Waals surface area contributed by atoms with E-state index in [9.17, 15) is 4.79 Å². The zero-order valence-electron chi connectivity index (χ0n) is 14.2. The average Bonchev–Trinajstić information content (AvgIpc) is 3.25. The number of aryl methyl sites for hydroxylation is 2. The summed E-state index contributed by atoms with van der Waals surface area (Å²) in [5, 5.41) is 6.52. The van der Waals surface area contributed by atoms with Crippen molar-refractivity contribution in [3.8, 4) is 0 Å². The van der Waals surface area contributed by atoms with Crippen LogP contribution in [0.2, 0.25) is 0 Å². The molecule has 1 atom stereocenters. The van der Waals surface area contributed by atoms with Gasteiger partial charge in [-0.25, -0.2) is 4.98 Å². The van der Waals surface area contributed by atoms with Gasteiger partial charge < -0.3 is 4.90 Å². The predicted octanol–water partition coefficient (Wildman–Crippen LogP) is 2.65. The number of hydrogen-bond donors (Lipinski definition) is 0. The van der Waals surface area contributed by atoms with Crippen LogP contribution in [0.5, 0.6) is 0 Å². The maximum absolute atomic E-state index is 12.9. The van der Waals surface area contributed by atoms with Crippen LogP contribution in [-0.4, -0.2) is 36.5 Å². The summed E-state index contributed by atoms with van der Waals surface area (Å²) in [6, 6.07) is 0.148. The molecule has 3 aromatic rings. The van der Waals surface area contributed by atoms with E-state index < -0.39 is 0 Å². The topological polar surface area (TPSA) is 55.4 Å². The molecule has 126 valence electrons. The first-order valence-corrected chi connectivity index (χ1v) is 9.13. The Balaban J connectivity index is 1.57. The molecule has 0 aromatic carbocycles. The Kier molecular flexibility index (Phi) is 3.68. The van der Waals surface area contributed by atoms with Gasteiger partial charge in [-0.3, -0.25) is 13.9 Å². The Hall–Kier alpha value is -2.15. The van der Waals surface area contributed by atoms with Crippen LogP contribution in [0.15, 0.2) is 17.8 Å². The van der Waals surface area contributed by atoms with E-state index in [1.54, 1.807) is 11.3 Å². The van der Waals surface area contributed by atoms with Crippen LogP contribution in [0.4, 0.5) is 0 Å². The minimum Gasteiger partial charge on any atom is -0.335 e. The molecular weight excluding hydrogens is 322 g/mol. The first-order valence-electron chi connectivity index (χ1n) is 8.25. The Morgan fingerprint density at radius 3 is 2.96 bits per heavy atom. The van der Waals surface area contributed by atoms with Gasteiger partial charge in [0.05, 0.1) is 23.9 Å². The van der Waals surface area contributed by atoms with Crippen LogP contribution in [0.1, 0.15) is 41.5 Å². The van der Waals surface area contributed by atoms with Gasteiger partial charge in [-0.2, -0.15) is 5.10 Å². The molecule has 1 saturated heterocycles. The fourth-order valence-corrected chi connectivity index (χ4v) is 4.47.